The van der Waals surface area contributed by atoms with Crippen LogP contribution in [0.2, 0.25) is 0 Å². The summed E-state index contributed by atoms with van der Waals surface area (Å²) in [6.45, 7) is 7.94. The first-order chi connectivity index (χ1) is 13.1. The van der Waals surface area contributed by atoms with E-state index in [9.17, 15) is 14.4 Å². The van der Waals surface area contributed by atoms with Gasteiger partial charge in [-0.25, -0.2) is 0 Å². The maximum absolute atomic E-state index is 13.1. The van der Waals surface area contributed by atoms with E-state index in [2.05, 4.69) is 26.8 Å². The third kappa shape index (κ3) is 2.59. The van der Waals surface area contributed by atoms with Crippen LogP contribution in [0.15, 0.2) is 23.3 Å². The lowest BCUT2D eigenvalue weighted by Gasteiger charge is -2.55. The van der Waals surface area contributed by atoms with E-state index >= 15 is 0 Å². The van der Waals surface area contributed by atoms with E-state index in [0.29, 0.717) is 18.3 Å². The van der Waals surface area contributed by atoms with Crippen molar-refractivity contribution in [1.29, 1.82) is 0 Å². The topological polar surface area (TPSA) is 60.4 Å². The van der Waals surface area contributed by atoms with E-state index in [-0.39, 0.29) is 29.0 Å². The van der Waals surface area contributed by atoms with Gasteiger partial charge in [-0.15, -0.1) is 0 Å². The highest BCUT2D eigenvalue weighted by atomic mass is 16.5. The van der Waals surface area contributed by atoms with Gasteiger partial charge in [-0.2, -0.15) is 0 Å². The molecular weight excluding hydrogens is 352 g/mol. The first-order valence-corrected chi connectivity index (χ1v) is 10.7. The molecule has 0 aromatic carbocycles. The second-order valence-electron chi connectivity index (χ2n) is 10.1. The molecule has 5 unspecified atom stereocenters. The molecule has 0 heterocycles. The predicted molar refractivity (Wildman–Crippen MR) is 106 cm³/mol. The number of hydrogen-bond donors (Lipinski definition) is 0. The van der Waals surface area contributed by atoms with Gasteiger partial charge in [-0.1, -0.05) is 38.0 Å². The maximum atomic E-state index is 13.1. The number of ether oxygens (including phenoxy) is 1. The number of hydrogen-bond acceptors (Lipinski definition) is 4. The van der Waals surface area contributed by atoms with E-state index in [1.165, 1.54) is 18.1 Å². The molecule has 5 atom stereocenters. The van der Waals surface area contributed by atoms with Crippen LogP contribution in [0.4, 0.5) is 0 Å². The zero-order valence-electron chi connectivity index (χ0n) is 17.6. The first-order valence-electron chi connectivity index (χ1n) is 10.7. The average Bonchev–Trinajstić information content (AvgIpc) is 2.92. The minimum Gasteiger partial charge on any atom is -0.458 e. The zero-order valence-corrected chi connectivity index (χ0v) is 17.6. The molecule has 0 amide bonds. The quantitative estimate of drug-likeness (QED) is 0.528. The van der Waals surface area contributed by atoms with Gasteiger partial charge >= 0.3 is 5.97 Å². The Morgan fingerprint density at radius 2 is 1.89 bits per heavy atom. The summed E-state index contributed by atoms with van der Waals surface area (Å²) in [6, 6.07) is 0. The van der Waals surface area contributed by atoms with Crippen LogP contribution < -0.4 is 0 Å². The Morgan fingerprint density at radius 1 is 1.14 bits per heavy atom. The standard InChI is InChI=1S/C24H32O4/c1-15(25)28-14-21(27)24(4)12-9-20-18-6-5-16-13-17(26)7-10-22(16,2)19(18)8-11-23(20,24)3/h8,13,18,20H,5-7,9-12,14H2,1-4H3. The van der Waals surface area contributed by atoms with Gasteiger partial charge in [0.1, 0.15) is 0 Å². The van der Waals surface area contributed by atoms with Crippen LogP contribution >= 0.6 is 0 Å². The molecule has 4 nitrogen and oxygen atoms in total. The third-order valence-electron chi connectivity index (χ3n) is 8.96. The molecule has 28 heavy (non-hydrogen) atoms. The number of allylic oxidation sites excluding steroid dienone is 4. The fraction of sp³-hybridized carbons (Fsp3) is 0.708. The Bertz CT molecular complexity index is 805. The number of esters is 1. The molecule has 0 radical (unpaired) electrons. The number of rotatable bonds is 3. The smallest absolute Gasteiger partial charge is 0.303 e. The molecule has 2 fully saturated rings. The Morgan fingerprint density at radius 3 is 2.61 bits per heavy atom. The van der Waals surface area contributed by atoms with Gasteiger partial charge in [0, 0.05) is 24.2 Å². The summed E-state index contributed by atoms with van der Waals surface area (Å²) in [7, 11) is 0. The summed E-state index contributed by atoms with van der Waals surface area (Å²) < 4.78 is 5.07. The number of carbonyl (C=O) groups is 3. The molecule has 2 saturated carbocycles. The molecule has 0 saturated heterocycles. The molecule has 152 valence electrons. The largest absolute Gasteiger partial charge is 0.458 e. The fourth-order valence-corrected chi connectivity index (χ4v) is 6.89. The summed E-state index contributed by atoms with van der Waals surface area (Å²) in [5.41, 5.74) is 2.33. The van der Waals surface area contributed by atoms with Crippen LogP contribution in [0.5, 0.6) is 0 Å². The second-order valence-corrected chi connectivity index (χ2v) is 10.1. The van der Waals surface area contributed by atoms with Gasteiger partial charge in [-0.05, 0) is 61.9 Å². The van der Waals surface area contributed by atoms with Crippen molar-refractivity contribution in [1.82, 2.24) is 0 Å². The van der Waals surface area contributed by atoms with E-state index < -0.39 is 11.4 Å². The first kappa shape index (κ1) is 19.6. The molecule has 0 bridgehead atoms. The highest BCUT2D eigenvalue weighted by molar-refractivity contribution is 5.92. The number of fused-ring (bicyclic) bond motifs is 5. The highest BCUT2D eigenvalue weighted by Gasteiger charge is 2.62. The lowest BCUT2D eigenvalue weighted by atomic mass is 9.49. The molecule has 0 spiro atoms. The molecule has 0 aromatic rings. The molecule has 0 aromatic heterocycles. The van der Waals surface area contributed by atoms with Crippen molar-refractivity contribution < 1.29 is 19.1 Å². The summed E-state index contributed by atoms with van der Waals surface area (Å²) in [4.78, 5) is 36.2. The lowest BCUT2D eigenvalue weighted by molar-refractivity contribution is -0.152. The highest BCUT2D eigenvalue weighted by Crippen LogP contribution is 2.68. The minimum absolute atomic E-state index is 0.0267. The Hall–Kier alpha value is -1.71. The van der Waals surface area contributed by atoms with Crippen molar-refractivity contribution in [3.8, 4) is 0 Å². The Kier molecular flexibility index (Phi) is 4.48. The normalized spacial score (nSPS) is 41.9. The van der Waals surface area contributed by atoms with Gasteiger partial charge in [0.25, 0.3) is 0 Å². The Balaban J connectivity index is 1.66. The predicted octanol–water partition coefficient (Wildman–Crippen LogP) is 4.58. The molecule has 4 aliphatic carbocycles. The molecule has 4 aliphatic rings. The van der Waals surface area contributed by atoms with Crippen LogP contribution in [-0.4, -0.2) is 24.1 Å². The number of Topliss-reactive ketones (excluding diaryl/α,β-unsaturated/α-hetero) is 1. The minimum atomic E-state index is -0.450. The number of ketones is 2. The van der Waals surface area contributed by atoms with Crippen molar-refractivity contribution in [2.24, 2.45) is 28.1 Å². The third-order valence-corrected chi connectivity index (χ3v) is 8.96. The van der Waals surface area contributed by atoms with Crippen LogP contribution in [0, 0.1) is 28.1 Å². The van der Waals surface area contributed by atoms with Gasteiger partial charge in [-0.3, -0.25) is 14.4 Å². The molecular formula is C24H32O4. The van der Waals surface area contributed by atoms with Crippen molar-refractivity contribution in [3.63, 3.8) is 0 Å². The van der Waals surface area contributed by atoms with Gasteiger partial charge < -0.3 is 4.74 Å². The van der Waals surface area contributed by atoms with Crippen molar-refractivity contribution in [2.45, 2.75) is 72.6 Å². The van der Waals surface area contributed by atoms with E-state index in [1.807, 2.05) is 6.08 Å². The molecule has 0 aliphatic heterocycles. The van der Waals surface area contributed by atoms with Crippen molar-refractivity contribution in [2.75, 3.05) is 6.61 Å². The SMILES string of the molecule is CC(=O)OCC(=O)C1(C)CCC2C3CCC4=CC(=O)CCC4(C)C3=CCC21C. The summed E-state index contributed by atoms with van der Waals surface area (Å²) >= 11 is 0. The summed E-state index contributed by atoms with van der Waals surface area (Å²) in [5, 5.41) is 0. The van der Waals surface area contributed by atoms with E-state index in [4.69, 9.17) is 4.74 Å². The molecule has 4 heteroatoms. The maximum Gasteiger partial charge on any atom is 0.303 e. The lowest BCUT2D eigenvalue weighted by Crippen LogP contribution is -2.50. The number of carbonyl (C=O) groups excluding carboxylic acids is 3. The van der Waals surface area contributed by atoms with Crippen molar-refractivity contribution >= 4 is 17.5 Å². The van der Waals surface area contributed by atoms with Gasteiger partial charge in [0.2, 0.25) is 0 Å². The zero-order chi connectivity index (χ0) is 20.3. The molecule has 4 rings (SSSR count). The van der Waals surface area contributed by atoms with Crippen LogP contribution in [0.25, 0.3) is 0 Å². The summed E-state index contributed by atoms with van der Waals surface area (Å²) in [5.74, 6) is 0.924. The van der Waals surface area contributed by atoms with E-state index in [1.54, 1.807) is 0 Å². The average molecular weight is 385 g/mol. The van der Waals surface area contributed by atoms with Crippen molar-refractivity contribution in [3.05, 3.63) is 23.3 Å². The van der Waals surface area contributed by atoms with Gasteiger partial charge in [0.15, 0.2) is 18.2 Å². The molecule has 0 N–H and O–H groups in total. The van der Waals surface area contributed by atoms with Crippen LogP contribution in [0.1, 0.15) is 72.6 Å². The Labute approximate surface area is 167 Å². The second kappa shape index (κ2) is 6.40. The van der Waals surface area contributed by atoms with Crippen LogP contribution in [0.3, 0.4) is 0 Å². The van der Waals surface area contributed by atoms with Gasteiger partial charge in [0.05, 0.1) is 0 Å². The fourth-order valence-electron chi connectivity index (χ4n) is 6.89. The summed E-state index contributed by atoms with van der Waals surface area (Å²) in [6.07, 6.45) is 10.8. The van der Waals surface area contributed by atoms with E-state index in [0.717, 1.165) is 38.5 Å². The van der Waals surface area contributed by atoms with Crippen LogP contribution in [-0.2, 0) is 19.1 Å². The monoisotopic (exact) mass is 384 g/mol.